The molecule has 0 rings (SSSR count). The molecule has 2 nitrogen and oxygen atoms in total. The number of rotatable bonds is 4. The molecule has 0 aromatic carbocycles. The highest BCUT2D eigenvalue weighted by atomic mass is 31.1. The normalized spacial score (nSPS) is 14.1. The van der Waals surface area contributed by atoms with Gasteiger partial charge in [0.05, 0.1) is 7.85 Å². The van der Waals surface area contributed by atoms with E-state index in [0.29, 0.717) is 6.32 Å². The Labute approximate surface area is 52.2 Å². The Morgan fingerprint density at radius 2 is 2.50 bits per heavy atom. The van der Waals surface area contributed by atoms with Crippen LogP contribution in [0.25, 0.3) is 0 Å². The minimum Gasteiger partial charge on any atom is -0.367 e. The Balaban J connectivity index is 2.97. The van der Waals surface area contributed by atoms with Gasteiger partial charge in [-0.3, -0.25) is 4.57 Å². The van der Waals surface area contributed by atoms with Crippen LogP contribution in [-0.4, -0.2) is 20.3 Å². The first-order valence-electron chi connectivity index (χ1n) is 2.42. The molecule has 1 unspecified atom stereocenters. The van der Waals surface area contributed by atoms with E-state index in [4.69, 9.17) is 12.6 Å². The lowest BCUT2D eigenvalue weighted by Crippen LogP contribution is -2.04. The third-order valence-corrected chi connectivity index (χ3v) is 0.998. The minimum absolute atomic E-state index is 0.0217. The smallest absolute Gasteiger partial charge is 0.183 e. The van der Waals surface area contributed by atoms with Crippen LogP contribution in [0, 0.1) is 0 Å². The highest BCUT2D eigenvalue weighted by Crippen LogP contribution is 1.99. The van der Waals surface area contributed by atoms with Crippen molar-refractivity contribution in [3.63, 3.8) is 0 Å². The second kappa shape index (κ2) is 5.27. The van der Waals surface area contributed by atoms with Gasteiger partial charge in [0.15, 0.2) is 8.46 Å². The molecular weight excluding hydrogens is 122 g/mol. The van der Waals surface area contributed by atoms with Gasteiger partial charge in [-0.2, -0.15) is 0 Å². The summed E-state index contributed by atoms with van der Waals surface area (Å²) in [5.41, 5.74) is 0. The van der Waals surface area contributed by atoms with E-state index < -0.39 is 0 Å². The van der Waals surface area contributed by atoms with Gasteiger partial charge in [-0.25, -0.2) is 0 Å². The molecule has 1 atom stereocenters. The molecule has 0 saturated heterocycles. The molecule has 8 heavy (non-hydrogen) atoms. The summed E-state index contributed by atoms with van der Waals surface area (Å²) < 4.78 is 14.6. The van der Waals surface area contributed by atoms with E-state index in [0.717, 1.165) is 0 Å². The predicted octanol–water partition coefficient (Wildman–Crippen LogP) is 1.23. The highest BCUT2D eigenvalue weighted by Gasteiger charge is 1.94. The van der Waals surface area contributed by atoms with E-state index in [9.17, 15) is 4.57 Å². The van der Waals surface area contributed by atoms with Crippen LogP contribution in [0.5, 0.6) is 0 Å². The molecule has 0 N–H and O–H groups in total. The standard InChI is InChI=1S/C4H8BO2P/c1-4(2-5)7-3-8-6/h4H,2-3H2,1H3. The second-order valence-electron chi connectivity index (χ2n) is 1.47. The van der Waals surface area contributed by atoms with Crippen LogP contribution in [0.4, 0.5) is 0 Å². The summed E-state index contributed by atoms with van der Waals surface area (Å²) in [6, 6.07) is 0. The Bertz CT molecular complexity index is 69.1. The topological polar surface area (TPSA) is 26.3 Å². The molecule has 2 radical (unpaired) electrons. The predicted molar refractivity (Wildman–Crippen MR) is 33.6 cm³/mol. The van der Waals surface area contributed by atoms with Gasteiger partial charge in [-0.15, -0.1) is 0 Å². The third kappa shape index (κ3) is 4.29. The van der Waals surface area contributed by atoms with Crippen LogP contribution in [0.1, 0.15) is 6.92 Å². The monoisotopic (exact) mass is 130 g/mol. The average molecular weight is 130 g/mol. The molecule has 0 fully saturated rings. The molecule has 0 heterocycles. The molecule has 44 valence electrons. The van der Waals surface area contributed by atoms with Crippen LogP contribution in [0.3, 0.4) is 0 Å². The average Bonchev–Trinajstić information content (AvgIpc) is 1.83. The lowest BCUT2D eigenvalue weighted by molar-refractivity contribution is 0.118. The lowest BCUT2D eigenvalue weighted by atomic mass is 10.0. The summed E-state index contributed by atoms with van der Waals surface area (Å²) in [5.74, 6) is 0. The first-order valence-corrected chi connectivity index (χ1v) is 3.41. The Morgan fingerprint density at radius 3 is 2.88 bits per heavy atom. The van der Waals surface area contributed by atoms with Crippen molar-refractivity contribution in [2.24, 2.45) is 0 Å². The molecule has 0 aliphatic rings. The van der Waals surface area contributed by atoms with Crippen molar-refractivity contribution in [2.45, 2.75) is 19.3 Å². The zero-order valence-electron chi connectivity index (χ0n) is 4.83. The Kier molecular flexibility index (Phi) is 5.35. The van der Waals surface area contributed by atoms with Crippen molar-refractivity contribution in [3.05, 3.63) is 0 Å². The number of hydrogen-bond acceptors (Lipinski definition) is 2. The largest absolute Gasteiger partial charge is 0.367 e. The molecule has 0 aliphatic carbocycles. The Hall–Kier alpha value is 0.125. The maximum atomic E-state index is 9.76. The zero-order chi connectivity index (χ0) is 6.41. The lowest BCUT2D eigenvalue weighted by Gasteiger charge is -2.04. The third-order valence-electron chi connectivity index (χ3n) is 0.744. The maximum Gasteiger partial charge on any atom is 0.183 e. The van der Waals surface area contributed by atoms with Crippen molar-refractivity contribution in [2.75, 3.05) is 6.35 Å². The van der Waals surface area contributed by atoms with Gasteiger partial charge in [0.25, 0.3) is 0 Å². The Morgan fingerprint density at radius 1 is 1.88 bits per heavy atom. The maximum absolute atomic E-state index is 9.76. The van der Waals surface area contributed by atoms with E-state index in [1.165, 1.54) is 0 Å². The van der Waals surface area contributed by atoms with E-state index in [2.05, 4.69) is 0 Å². The van der Waals surface area contributed by atoms with Crippen molar-refractivity contribution in [1.29, 1.82) is 0 Å². The quantitative estimate of drug-likeness (QED) is 0.422. The molecule has 0 amide bonds. The van der Waals surface area contributed by atoms with Gasteiger partial charge in [0, 0.05) is 6.10 Å². The molecule has 0 aromatic rings. The fourth-order valence-corrected chi connectivity index (χ4v) is 0.541. The fraction of sp³-hybridized carbons (Fsp3) is 1.00. The molecule has 0 spiro atoms. The highest BCUT2D eigenvalue weighted by molar-refractivity contribution is 7.23. The van der Waals surface area contributed by atoms with Crippen molar-refractivity contribution >= 4 is 16.3 Å². The van der Waals surface area contributed by atoms with Gasteiger partial charge in [-0.05, 0) is 6.92 Å². The molecule has 0 aromatic heterocycles. The SMILES string of the molecule is [B]CC(C)OCP=O. The van der Waals surface area contributed by atoms with Gasteiger partial charge in [0.1, 0.15) is 6.35 Å². The zero-order valence-corrected chi connectivity index (χ0v) is 5.73. The van der Waals surface area contributed by atoms with Crippen molar-refractivity contribution in [3.8, 4) is 0 Å². The van der Waals surface area contributed by atoms with E-state index in [-0.39, 0.29) is 20.9 Å². The molecule has 0 aliphatic heterocycles. The van der Waals surface area contributed by atoms with Gasteiger partial charge in [0.2, 0.25) is 0 Å². The van der Waals surface area contributed by atoms with Gasteiger partial charge < -0.3 is 4.74 Å². The van der Waals surface area contributed by atoms with Gasteiger partial charge >= 0.3 is 0 Å². The first kappa shape index (κ1) is 8.12. The summed E-state index contributed by atoms with van der Waals surface area (Å²) in [5, 5.41) is 0. The molecular formula is C4H8BO2P. The molecule has 4 heteroatoms. The van der Waals surface area contributed by atoms with E-state index in [1.54, 1.807) is 0 Å². The molecule has 0 bridgehead atoms. The second-order valence-corrected chi connectivity index (χ2v) is 1.99. The summed E-state index contributed by atoms with van der Waals surface area (Å²) in [7, 11) is 5.20. The minimum atomic E-state index is 0.0217. The summed E-state index contributed by atoms with van der Waals surface area (Å²) in [4.78, 5) is 0. The summed E-state index contributed by atoms with van der Waals surface area (Å²) in [6.45, 7) is 1.84. The first-order chi connectivity index (χ1) is 3.81. The summed E-state index contributed by atoms with van der Waals surface area (Å²) in [6.07, 6.45) is 0.755. The fourth-order valence-electron chi connectivity index (χ4n) is 0.226. The van der Waals surface area contributed by atoms with Gasteiger partial charge in [-0.1, -0.05) is 6.32 Å². The van der Waals surface area contributed by atoms with Crippen LogP contribution in [0.15, 0.2) is 0 Å². The number of ether oxygens (including phenoxy) is 1. The van der Waals surface area contributed by atoms with Crippen molar-refractivity contribution < 1.29 is 9.30 Å². The van der Waals surface area contributed by atoms with Crippen LogP contribution < -0.4 is 0 Å². The van der Waals surface area contributed by atoms with E-state index >= 15 is 0 Å². The van der Waals surface area contributed by atoms with Crippen molar-refractivity contribution in [1.82, 2.24) is 0 Å². The number of hydrogen-bond donors (Lipinski definition) is 0. The van der Waals surface area contributed by atoms with Crippen LogP contribution in [-0.2, 0) is 9.30 Å². The summed E-state index contributed by atoms with van der Waals surface area (Å²) >= 11 is 0. The van der Waals surface area contributed by atoms with Crippen LogP contribution >= 0.6 is 8.46 Å². The molecule has 0 saturated carbocycles. The van der Waals surface area contributed by atoms with E-state index in [1.807, 2.05) is 6.92 Å². The van der Waals surface area contributed by atoms with Crippen LogP contribution in [0.2, 0.25) is 6.32 Å².